The standard InChI is InChI=1S/C22H19N3/c23-15-19-21(16-11-13-24-14-12-16)18-9-5-2-6-10-20(18)25-22(19)17-7-3-1-4-8-17/h1,3-4,7-8,11-14H,2,5-6,9-10H2. The third-order valence-corrected chi connectivity index (χ3v) is 4.85. The Labute approximate surface area is 148 Å². The van der Waals surface area contributed by atoms with E-state index in [2.05, 4.69) is 11.1 Å². The Morgan fingerprint density at radius 1 is 0.840 bits per heavy atom. The number of hydrogen-bond acceptors (Lipinski definition) is 3. The van der Waals surface area contributed by atoms with Gasteiger partial charge in [-0.3, -0.25) is 9.97 Å². The molecule has 25 heavy (non-hydrogen) atoms. The highest BCUT2D eigenvalue weighted by Crippen LogP contribution is 2.37. The highest BCUT2D eigenvalue weighted by molar-refractivity contribution is 5.82. The predicted octanol–water partition coefficient (Wildman–Crippen LogP) is 4.95. The van der Waals surface area contributed by atoms with Gasteiger partial charge >= 0.3 is 0 Å². The first kappa shape index (κ1) is 15.5. The van der Waals surface area contributed by atoms with Gasteiger partial charge in [-0.15, -0.1) is 0 Å². The second-order valence-electron chi connectivity index (χ2n) is 6.41. The smallest absolute Gasteiger partial charge is 0.102 e. The number of nitriles is 1. The van der Waals surface area contributed by atoms with Crippen molar-refractivity contribution in [2.24, 2.45) is 0 Å². The minimum absolute atomic E-state index is 0.679. The maximum absolute atomic E-state index is 9.99. The zero-order valence-corrected chi connectivity index (χ0v) is 14.1. The van der Waals surface area contributed by atoms with Crippen LogP contribution in [0.5, 0.6) is 0 Å². The van der Waals surface area contributed by atoms with Gasteiger partial charge in [0, 0.05) is 29.2 Å². The van der Waals surface area contributed by atoms with Crippen LogP contribution in [0.15, 0.2) is 54.9 Å². The van der Waals surface area contributed by atoms with E-state index in [-0.39, 0.29) is 0 Å². The van der Waals surface area contributed by atoms with E-state index in [9.17, 15) is 5.26 Å². The van der Waals surface area contributed by atoms with Gasteiger partial charge in [0.1, 0.15) is 6.07 Å². The van der Waals surface area contributed by atoms with E-state index in [1.807, 2.05) is 42.5 Å². The summed E-state index contributed by atoms with van der Waals surface area (Å²) >= 11 is 0. The zero-order valence-electron chi connectivity index (χ0n) is 14.1. The molecule has 0 bridgehead atoms. The van der Waals surface area contributed by atoms with E-state index in [0.717, 1.165) is 53.8 Å². The lowest BCUT2D eigenvalue weighted by molar-refractivity contribution is 0.709. The predicted molar refractivity (Wildman–Crippen MR) is 98.9 cm³/mol. The number of aromatic nitrogens is 2. The van der Waals surface area contributed by atoms with E-state index in [4.69, 9.17) is 4.98 Å². The zero-order chi connectivity index (χ0) is 17.1. The fourth-order valence-electron chi connectivity index (χ4n) is 3.67. The monoisotopic (exact) mass is 325 g/mol. The molecule has 0 spiro atoms. The lowest BCUT2D eigenvalue weighted by Crippen LogP contribution is -2.05. The lowest BCUT2D eigenvalue weighted by Gasteiger charge is -2.17. The van der Waals surface area contributed by atoms with Crippen LogP contribution in [0.4, 0.5) is 0 Å². The number of fused-ring (bicyclic) bond motifs is 1. The summed E-state index contributed by atoms with van der Waals surface area (Å²) in [5.74, 6) is 0. The first-order valence-electron chi connectivity index (χ1n) is 8.80. The molecule has 122 valence electrons. The number of hydrogen-bond donors (Lipinski definition) is 0. The van der Waals surface area contributed by atoms with Crippen molar-refractivity contribution in [3.8, 4) is 28.5 Å². The molecule has 2 aromatic heterocycles. The first-order valence-corrected chi connectivity index (χ1v) is 8.80. The van der Waals surface area contributed by atoms with Crippen LogP contribution in [0.25, 0.3) is 22.4 Å². The maximum atomic E-state index is 9.99. The van der Waals surface area contributed by atoms with Crippen LogP contribution in [0, 0.1) is 11.3 Å². The summed E-state index contributed by atoms with van der Waals surface area (Å²) in [4.78, 5) is 9.10. The Balaban J connectivity index is 2.05. The van der Waals surface area contributed by atoms with E-state index in [0.29, 0.717) is 5.56 Å². The molecule has 0 atom stereocenters. The molecule has 2 heterocycles. The number of nitrogens with zero attached hydrogens (tertiary/aromatic N) is 3. The van der Waals surface area contributed by atoms with Crippen molar-refractivity contribution in [3.05, 3.63) is 71.7 Å². The third kappa shape index (κ3) is 2.92. The van der Waals surface area contributed by atoms with Crippen molar-refractivity contribution in [1.82, 2.24) is 9.97 Å². The van der Waals surface area contributed by atoms with Crippen molar-refractivity contribution < 1.29 is 0 Å². The third-order valence-electron chi connectivity index (χ3n) is 4.85. The highest BCUT2D eigenvalue weighted by atomic mass is 14.7. The molecule has 0 radical (unpaired) electrons. The highest BCUT2D eigenvalue weighted by Gasteiger charge is 2.22. The maximum Gasteiger partial charge on any atom is 0.102 e. The van der Waals surface area contributed by atoms with Gasteiger partial charge < -0.3 is 0 Å². The minimum atomic E-state index is 0.679. The summed E-state index contributed by atoms with van der Waals surface area (Å²) in [6, 6.07) is 16.5. The number of pyridine rings is 2. The molecule has 1 aromatic carbocycles. The van der Waals surface area contributed by atoms with Crippen molar-refractivity contribution >= 4 is 0 Å². The summed E-state index contributed by atoms with van der Waals surface area (Å²) in [5, 5.41) is 9.99. The van der Waals surface area contributed by atoms with E-state index < -0.39 is 0 Å². The largest absolute Gasteiger partial charge is 0.265 e. The molecule has 0 aliphatic heterocycles. The fourth-order valence-corrected chi connectivity index (χ4v) is 3.67. The van der Waals surface area contributed by atoms with Crippen molar-refractivity contribution in [1.29, 1.82) is 5.26 Å². The van der Waals surface area contributed by atoms with Crippen molar-refractivity contribution in [3.63, 3.8) is 0 Å². The van der Waals surface area contributed by atoms with Gasteiger partial charge in [-0.1, -0.05) is 36.8 Å². The van der Waals surface area contributed by atoms with E-state index >= 15 is 0 Å². The summed E-state index contributed by atoms with van der Waals surface area (Å²) in [6.45, 7) is 0. The second kappa shape index (κ2) is 6.86. The van der Waals surface area contributed by atoms with Gasteiger partial charge in [-0.2, -0.15) is 5.26 Å². The fraction of sp³-hybridized carbons (Fsp3) is 0.227. The van der Waals surface area contributed by atoms with Crippen molar-refractivity contribution in [2.45, 2.75) is 32.1 Å². The lowest BCUT2D eigenvalue weighted by atomic mass is 9.89. The molecule has 1 aliphatic carbocycles. The minimum Gasteiger partial charge on any atom is -0.265 e. The molecule has 3 heteroatoms. The molecular weight excluding hydrogens is 306 g/mol. The number of benzene rings is 1. The van der Waals surface area contributed by atoms with E-state index in [1.165, 1.54) is 12.0 Å². The quantitative estimate of drug-likeness (QED) is 0.626. The molecule has 0 amide bonds. The van der Waals surface area contributed by atoms with Crippen LogP contribution in [0.1, 0.15) is 36.1 Å². The first-order chi connectivity index (χ1) is 12.4. The van der Waals surface area contributed by atoms with Crippen LogP contribution in [0.3, 0.4) is 0 Å². The molecule has 0 unspecified atom stereocenters. The van der Waals surface area contributed by atoms with Gasteiger partial charge in [-0.05, 0) is 48.9 Å². The van der Waals surface area contributed by atoms with Gasteiger partial charge in [0.15, 0.2) is 0 Å². The molecule has 3 aromatic rings. The molecule has 4 rings (SSSR count). The summed E-state index contributed by atoms with van der Waals surface area (Å²) in [5.41, 5.74) is 7.00. The molecular formula is C22H19N3. The summed E-state index contributed by atoms with van der Waals surface area (Å²) in [7, 11) is 0. The number of aryl methyl sites for hydroxylation is 1. The SMILES string of the molecule is N#Cc1c(-c2ccccc2)nc2c(c1-c1ccncc1)CCCCC2. The summed E-state index contributed by atoms with van der Waals surface area (Å²) < 4.78 is 0. The Morgan fingerprint density at radius 2 is 1.60 bits per heavy atom. The Morgan fingerprint density at radius 3 is 2.36 bits per heavy atom. The Hall–Kier alpha value is -2.99. The molecule has 0 fully saturated rings. The molecule has 0 N–H and O–H groups in total. The van der Waals surface area contributed by atoms with Gasteiger partial charge in [0.05, 0.1) is 11.3 Å². The Kier molecular flexibility index (Phi) is 4.26. The normalized spacial score (nSPS) is 13.6. The molecule has 0 saturated carbocycles. The molecule has 1 aliphatic rings. The van der Waals surface area contributed by atoms with Crippen molar-refractivity contribution in [2.75, 3.05) is 0 Å². The summed E-state index contributed by atoms with van der Waals surface area (Å²) in [6.07, 6.45) is 9.10. The van der Waals surface area contributed by atoms with Crippen LogP contribution >= 0.6 is 0 Å². The van der Waals surface area contributed by atoms with Gasteiger partial charge in [0.2, 0.25) is 0 Å². The van der Waals surface area contributed by atoms with Gasteiger partial charge in [-0.25, -0.2) is 0 Å². The molecule has 3 nitrogen and oxygen atoms in total. The average molecular weight is 325 g/mol. The van der Waals surface area contributed by atoms with Crippen LogP contribution in [-0.4, -0.2) is 9.97 Å². The topological polar surface area (TPSA) is 49.6 Å². The van der Waals surface area contributed by atoms with Gasteiger partial charge in [0.25, 0.3) is 0 Å². The number of rotatable bonds is 2. The Bertz CT molecular complexity index is 925. The molecule has 0 saturated heterocycles. The van der Waals surface area contributed by atoms with Crippen LogP contribution < -0.4 is 0 Å². The second-order valence-corrected chi connectivity index (χ2v) is 6.41. The van der Waals surface area contributed by atoms with Crippen LogP contribution in [-0.2, 0) is 12.8 Å². The average Bonchev–Trinajstić information content (AvgIpc) is 2.93. The van der Waals surface area contributed by atoms with Crippen LogP contribution in [0.2, 0.25) is 0 Å². The van der Waals surface area contributed by atoms with E-state index in [1.54, 1.807) is 12.4 Å².